The number of hydrogen-bond donors (Lipinski definition) is 3. The predicted molar refractivity (Wildman–Crippen MR) is 137 cm³/mol. The van der Waals surface area contributed by atoms with E-state index in [4.69, 9.17) is 16.7 Å². The molecule has 35 heavy (non-hydrogen) atoms. The molecule has 1 aliphatic rings. The van der Waals surface area contributed by atoms with Gasteiger partial charge in [-0.3, -0.25) is 4.79 Å². The molecule has 0 aliphatic heterocycles. The zero-order valence-corrected chi connectivity index (χ0v) is 22.1. The molecule has 3 rings (SSSR count). The third-order valence-electron chi connectivity index (χ3n) is 6.49. The number of benzene rings is 2. The van der Waals surface area contributed by atoms with Crippen molar-refractivity contribution in [3.05, 3.63) is 64.2 Å². The van der Waals surface area contributed by atoms with Gasteiger partial charge < -0.3 is 15.5 Å². The molecular weight excluding hydrogens is 488 g/mol. The molecule has 0 heterocycles. The van der Waals surface area contributed by atoms with Crippen molar-refractivity contribution in [3.8, 4) is 0 Å². The summed E-state index contributed by atoms with van der Waals surface area (Å²) in [4.78, 5) is 10.8. The molecule has 0 spiro atoms. The Labute approximate surface area is 213 Å². The third kappa shape index (κ3) is 7.75. The molecule has 0 radical (unpaired) electrons. The highest BCUT2D eigenvalue weighted by Crippen LogP contribution is 2.32. The molecule has 0 aromatic heterocycles. The lowest BCUT2D eigenvalue weighted by molar-refractivity contribution is -0.136. The fourth-order valence-corrected chi connectivity index (χ4v) is 6.41. The average Bonchev–Trinajstić information content (AvgIpc) is 3.17. The average molecular weight is 523 g/mol. The summed E-state index contributed by atoms with van der Waals surface area (Å²) in [5.74, 6) is -0.434. The molecule has 0 fully saturated rings. The molecule has 1 aliphatic carbocycles. The molecule has 0 amide bonds. The van der Waals surface area contributed by atoms with Gasteiger partial charge in [-0.15, -0.1) is 0 Å². The number of likely N-dealkylation sites (N-methyl/N-ethyl adjacent to an activating group) is 1. The van der Waals surface area contributed by atoms with E-state index in [0.29, 0.717) is 11.5 Å². The first-order valence-electron chi connectivity index (χ1n) is 11.8. The van der Waals surface area contributed by atoms with Crippen molar-refractivity contribution < 1.29 is 23.4 Å². The summed E-state index contributed by atoms with van der Waals surface area (Å²) in [5, 5.41) is 23.1. The number of aryl methyl sites for hydroxylation is 1. The number of rotatable bonds is 12. The van der Waals surface area contributed by atoms with Gasteiger partial charge in [0.25, 0.3) is 0 Å². The lowest BCUT2D eigenvalue weighted by atomic mass is 9.88. The minimum absolute atomic E-state index is 0.0193. The Bertz CT molecular complexity index is 1130. The van der Waals surface area contributed by atoms with Crippen LogP contribution >= 0.6 is 11.6 Å². The maximum Gasteiger partial charge on any atom is 0.303 e. The third-order valence-corrected chi connectivity index (χ3v) is 8.50. The van der Waals surface area contributed by atoms with Gasteiger partial charge >= 0.3 is 5.97 Å². The van der Waals surface area contributed by atoms with Gasteiger partial charge in [-0.25, -0.2) is 8.42 Å². The molecule has 0 saturated heterocycles. The Kier molecular flexibility index (Phi) is 8.99. The molecular formula is C26H35ClN2O5S. The monoisotopic (exact) mass is 522 g/mol. The van der Waals surface area contributed by atoms with Crippen molar-refractivity contribution in [1.29, 1.82) is 0 Å². The van der Waals surface area contributed by atoms with Crippen LogP contribution < -0.4 is 5.32 Å². The van der Waals surface area contributed by atoms with Crippen molar-refractivity contribution in [2.45, 2.75) is 62.5 Å². The number of carboxylic acids is 1. The molecule has 192 valence electrons. The summed E-state index contributed by atoms with van der Waals surface area (Å²) in [6, 6.07) is 12.9. The number of nitrogens with zero attached hydrogens (tertiary/aromatic N) is 1. The fraction of sp³-hybridized carbons (Fsp3) is 0.500. The number of hydrogen-bond acceptors (Lipinski definition) is 5. The van der Waals surface area contributed by atoms with Crippen molar-refractivity contribution in [2.24, 2.45) is 5.92 Å². The summed E-state index contributed by atoms with van der Waals surface area (Å²) < 4.78 is 27.2. The number of β-amino-alcohol motifs (C(OH)–C–C–N with tert-alkyl or cyclic N) is 1. The summed E-state index contributed by atoms with van der Waals surface area (Å²) >= 11 is 6.09. The summed E-state index contributed by atoms with van der Waals surface area (Å²) in [6.45, 7) is 4.38. The first-order valence-corrected chi connectivity index (χ1v) is 13.6. The highest BCUT2D eigenvalue weighted by Gasteiger charge is 2.29. The second kappa shape index (κ2) is 11.4. The van der Waals surface area contributed by atoms with Crippen molar-refractivity contribution in [1.82, 2.24) is 9.62 Å². The first-order chi connectivity index (χ1) is 16.4. The van der Waals surface area contributed by atoms with E-state index in [2.05, 4.69) is 43.4 Å². The lowest BCUT2D eigenvalue weighted by Crippen LogP contribution is -2.47. The number of aliphatic hydroxyl groups is 1. The Balaban J connectivity index is 1.54. The van der Waals surface area contributed by atoms with Crippen LogP contribution in [0.2, 0.25) is 5.02 Å². The van der Waals surface area contributed by atoms with E-state index < -0.39 is 22.1 Å². The zero-order valence-electron chi connectivity index (χ0n) is 20.5. The predicted octanol–water partition coefficient (Wildman–Crippen LogP) is 3.51. The summed E-state index contributed by atoms with van der Waals surface area (Å²) in [6.07, 6.45) is 2.21. The second-order valence-electron chi connectivity index (χ2n) is 10.1. The van der Waals surface area contributed by atoms with Gasteiger partial charge in [-0.05, 0) is 80.3 Å². The zero-order chi connectivity index (χ0) is 25.8. The van der Waals surface area contributed by atoms with Crippen LogP contribution in [0.5, 0.6) is 0 Å². The minimum Gasteiger partial charge on any atom is -0.481 e. The van der Waals surface area contributed by atoms with E-state index in [9.17, 15) is 18.3 Å². The van der Waals surface area contributed by atoms with Gasteiger partial charge in [-0.2, -0.15) is 4.31 Å². The minimum atomic E-state index is -3.91. The van der Waals surface area contributed by atoms with E-state index in [-0.39, 0.29) is 41.4 Å². The molecule has 0 saturated carbocycles. The van der Waals surface area contributed by atoms with E-state index >= 15 is 0 Å². The standard InChI is InChI=1S/C26H35ClN2O5S/c1-26(2,15-19-10-20-6-4-5-7-21(20)11-19)28-16-23(30)17-29(3)35(33,34)24-13-18(8-9-25(31)32)12-22(27)14-24/h4-7,12-14,19,23,28,30H,8-11,15-17H2,1-3H3,(H,31,32)/t23-/m1/s1. The van der Waals surface area contributed by atoms with E-state index in [1.54, 1.807) is 6.07 Å². The quantitative estimate of drug-likeness (QED) is 0.394. The number of halogens is 1. The van der Waals surface area contributed by atoms with Crippen LogP contribution in [0.1, 0.15) is 43.4 Å². The SMILES string of the molecule is CN(C[C@H](O)CNC(C)(C)CC1Cc2ccccc2C1)S(=O)(=O)c1cc(Cl)cc(CCC(=O)O)c1. The van der Waals surface area contributed by atoms with Crippen LogP contribution in [-0.2, 0) is 34.1 Å². The lowest BCUT2D eigenvalue weighted by Gasteiger charge is -2.31. The van der Waals surface area contributed by atoms with Crippen LogP contribution in [0.3, 0.4) is 0 Å². The number of carbonyl (C=O) groups is 1. The Morgan fingerprint density at radius 1 is 1.20 bits per heavy atom. The molecule has 0 unspecified atom stereocenters. The number of sulfonamides is 1. The van der Waals surface area contributed by atoms with Crippen molar-refractivity contribution in [3.63, 3.8) is 0 Å². The van der Waals surface area contributed by atoms with Gasteiger partial charge in [0.05, 0.1) is 11.0 Å². The number of carboxylic acid groups (broad SMARTS) is 1. The van der Waals surface area contributed by atoms with Crippen LogP contribution in [-0.4, -0.2) is 60.7 Å². The number of aliphatic carboxylic acids is 1. The van der Waals surface area contributed by atoms with Crippen LogP contribution in [0, 0.1) is 5.92 Å². The smallest absolute Gasteiger partial charge is 0.303 e. The number of fused-ring (bicyclic) bond motifs is 1. The van der Waals surface area contributed by atoms with Gasteiger partial charge in [-0.1, -0.05) is 35.9 Å². The first kappa shape index (κ1) is 27.6. The largest absolute Gasteiger partial charge is 0.481 e. The fourth-order valence-electron chi connectivity index (χ4n) is 4.79. The van der Waals surface area contributed by atoms with Gasteiger partial charge in [0.15, 0.2) is 0 Å². The van der Waals surface area contributed by atoms with Crippen LogP contribution in [0.15, 0.2) is 47.4 Å². The summed E-state index contributed by atoms with van der Waals surface area (Å²) in [7, 11) is -2.49. The van der Waals surface area contributed by atoms with E-state index in [1.807, 2.05) is 0 Å². The summed E-state index contributed by atoms with van der Waals surface area (Å²) in [5.41, 5.74) is 3.14. The molecule has 3 N–H and O–H groups in total. The van der Waals surface area contributed by atoms with Crippen LogP contribution in [0.25, 0.3) is 0 Å². The normalized spacial score (nSPS) is 15.4. The van der Waals surface area contributed by atoms with E-state index in [0.717, 1.165) is 23.6 Å². The molecule has 2 aromatic rings. The topological polar surface area (TPSA) is 107 Å². The van der Waals surface area contributed by atoms with E-state index in [1.165, 1.54) is 30.3 Å². The van der Waals surface area contributed by atoms with Crippen molar-refractivity contribution >= 4 is 27.6 Å². The Hall–Kier alpha value is -1.97. The van der Waals surface area contributed by atoms with Gasteiger partial charge in [0.2, 0.25) is 10.0 Å². The van der Waals surface area contributed by atoms with Gasteiger partial charge in [0, 0.05) is 37.1 Å². The number of nitrogens with one attached hydrogen (secondary N) is 1. The molecule has 7 nitrogen and oxygen atoms in total. The number of aliphatic hydroxyl groups excluding tert-OH is 1. The van der Waals surface area contributed by atoms with Crippen molar-refractivity contribution in [2.75, 3.05) is 20.1 Å². The molecule has 2 aromatic carbocycles. The Morgan fingerprint density at radius 2 is 1.83 bits per heavy atom. The maximum atomic E-state index is 13.1. The Morgan fingerprint density at radius 3 is 2.43 bits per heavy atom. The maximum absolute atomic E-state index is 13.1. The van der Waals surface area contributed by atoms with Gasteiger partial charge in [0.1, 0.15) is 0 Å². The van der Waals surface area contributed by atoms with Crippen LogP contribution in [0.4, 0.5) is 0 Å². The molecule has 0 bridgehead atoms. The highest BCUT2D eigenvalue weighted by atomic mass is 35.5. The molecule has 9 heteroatoms. The highest BCUT2D eigenvalue weighted by molar-refractivity contribution is 7.89. The molecule has 1 atom stereocenters. The second-order valence-corrected chi connectivity index (χ2v) is 12.6.